The van der Waals surface area contributed by atoms with Gasteiger partial charge in [-0.25, -0.2) is 0 Å². The zero-order valence-corrected chi connectivity index (χ0v) is 33.7. The third kappa shape index (κ3) is 26.9. The summed E-state index contributed by atoms with van der Waals surface area (Å²) in [5.41, 5.74) is 60.1. The molecule has 0 aromatic rings. The second-order valence-electron chi connectivity index (χ2n) is 13.2. The van der Waals surface area contributed by atoms with Gasteiger partial charge in [0.15, 0.2) is 29.8 Å². The van der Waals surface area contributed by atoms with Gasteiger partial charge in [0.2, 0.25) is 29.5 Å². The first-order valence-corrected chi connectivity index (χ1v) is 19.0. The molecule has 5 amide bonds. The fourth-order valence-electron chi connectivity index (χ4n) is 5.12. The lowest BCUT2D eigenvalue weighted by Gasteiger charge is -2.27. The topological polar surface area (TPSA) is 531 Å². The number of nitrogens with zero attached hydrogens (tertiary/aromatic N) is 5. The Morgan fingerprint density at radius 2 is 0.650 bits per heavy atom. The van der Waals surface area contributed by atoms with Crippen LogP contribution in [0.2, 0.25) is 0 Å². The quantitative estimate of drug-likeness (QED) is 0.0175. The number of hydrogen-bond acceptors (Lipinski definition) is 12. The highest BCUT2D eigenvalue weighted by molar-refractivity contribution is 5.96. The number of hydrogen-bond donors (Lipinski definition) is 17. The first kappa shape index (κ1) is 53.1. The average molecular weight is 856 g/mol. The number of carbonyl (C=O) groups is 6. The number of amides is 5. The molecule has 0 saturated heterocycles. The third-order valence-corrected chi connectivity index (χ3v) is 8.03. The molecule has 28 N–H and O–H groups in total. The van der Waals surface area contributed by atoms with Crippen molar-refractivity contribution in [2.45, 2.75) is 94.4 Å². The molecule has 0 fully saturated rings. The molecule has 0 heterocycles. The van der Waals surface area contributed by atoms with Gasteiger partial charge in [0.05, 0.1) is 6.04 Å². The number of aliphatic imine (C=N–C) groups is 5. The highest BCUT2D eigenvalue weighted by Gasteiger charge is 2.32. The van der Waals surface area contributed by atoms with E-state index < -0.39 is 72.3 Å². The summed E-state index contributed by atoms with van der Waals surface area (Å²) >= 11 is 0. The predicted molar refractivity (Wildman–Crippen MR) is 226 cm³/mol. The van der Waals surface area contributed by atoms with Crippen molar-refractivity contribution in [3.05, 3.63) is 0 Å². The van der Waals surface area contributed by atoms with E-state index in [-0.39, 0.29) is 120 Å². The van der Waals surface area contributed by atoms with Crippen LogP contribution in [0.3, 0.4) is 0 Å². The van der Waals surface area contributed by atoms with Crippen LogP contribution in [0.15, 0.2) is 25.0 Å². The van der Waals surface area contributed by atoms with Crippen molar-refractivity contribution < 1.29 is 33.9 Å². The first-order chi connectivity index (χ1) is 28.2. The van der Waals surface area contributed by atoms with Crippen LogP contribution in [0.5, 0.6) is 0 Å². The molecule has 60 heavy (non-hydrogen) atoms. The van der Waals surface area contributed by atoms with Gasteiger partial charge in [-0.15, -0.1) is 0 Å². The van der Waals surface area contributed by atoms with Crippen LogP contribution < -0.4 is 89.7 Å². The van der Waals surface area contributed by atoms with Crippen LogP contribution in [0.4, 0.5) is 0 Å². The second kappa shape index (κ2) is 30.2. The van der Waals surface area contributed by atoms with Crippen LogP contribution in [0, 0.1) is 0 Å². The Hall–Kier alpha value is -6.87. The third-order valence-electron chi connectivity index (χ3n) is 8.03. The smallest absolute Gasteiger partial charge is 0.322 e. The molecule has 0 aliphatic rings. The van der Waals surface area contributed by atoms with Crippen molar-refractivity contribution in [3.63, 3.8) is 0 Å². The van der Waals surface area contributed by atoms with Crippen LogP contribution in [-0.4, -0.2) is 140 Å². The summed E-state index contributed by atoms with van der Waals surface area (Å²) < 4.78 is 0. The molecule has 0 spiro atoms. The number of rotatable bonds is 31. The minimum Gasteiger partial charge on any atom is -0.480 e. The standard InChI is InChI=1S/C32H65N21O7/c33-17(6-1-11-44-28(34)35)23(56)50-19(8-3-13-46-30(38)39)25(58)52-21(10-5-15-48-32(42)43)27(60)53-20(9-4-14-47-31(40)41)26(59)51-18(7-2-12-45-29(36)37)24(57)49-16-22(54)55/h17-21H,1-16,33H2,(H,49,57)(H,50,56)(H,51,59)(H,52,58)(H,53,60)(H,54,55)(H4,34,35,44)(H4,36,37,45)(H4,38,39,46)(H4,40,41,47)(H4,42,43,48)/t17-,18-,19-,20-,21-/m0/s1. The molecule has 0 unspecified atom stereocenters. The molecule has 0 saturated carbocycles. The zero-order chi connectivity index (χ0) is 45.6. The predicted octanol–water partition coefficient (Wildman–Crippen LogP) is -8.28. The van der Waals surface area contributed by atoms with Gasteiger partial charge in [0.1, 0.15) is 30.7 Å². The molecule has 5 atom stereocenters. The van der Waals surface area contributed by atoms with Gasteiger partial charge >= 0.3 is 5.97 Å². The molecule has 0 radical (unpaired) electrons. The van der Waals surface area contributed by atoms with Crippen molar-refractivity contribution in [2.24, 2.45) is 88.0 Å². The summed E-state index contributed by atoms with van der Waals surface area (Å²) in [4.78, 5) is 98.2. The number of carboxylic acids is 1. The average Bonchev–Trinajstić information content (AvgIpc) is 3.16. The van der Waals surface area contributed by atoms with E-state index in [0.717, 1.165) is 0 Å². The second-order valence-corrected chi connectivity index (χ2v) is 13.2. The lowest BCUT2D eigenvalue weighted by Crippen LogP contribution is -2.59. The monoisotopic (exact) mass is 856 g/mol. The summed E-state index contributed by atoms with van der Waals surface area (Å²) in [6, 6.07) is -6.24. The first-order valence-electron chi connectivity index (χ1n) is 19.0. The van der Waals surface area contributed by atoms with Gasteiger partial charge in [0, 0.05) is 32.7 Å². The van der Waals surface area contributed by atoms with Crippen LogP contribution in [-0.2, 0) is 28.8 Å². The molecular weight excluding hydrogens is 790 g/mol. The highest BCUT2D eigenvalue weighted by atomic mass is 16.4. The molecule has 0 aromatic carbocycles. The van der Waals surface area contributed by atoms with E-state index in [1.54, 1.807) is 0 Å². The summed E-state index contributed by atoms with van der Waals surface area (Å²) in [6.07, 6.45) is 1.15. The molecule has 340 valence electrons. The Morgan fingerprint density at radius 3 is 0.917 bits per heavy atom. The summed E-state index contributed by atoms with van der Waals surface area (Å²) in [6.45, 7) is -0.213. The molecule has 0 bridgehead atoms. The Morgan fingerprint density at radius 1 is 0.400 bits per heavy atom. The Kier molecular flexibility index (Phi) is 26.8. The number of guanidine groups is 5. The van der Waals surface area contributed by atoms with Crippen LogP contribution in [0.1, 0.15) is 64.2 Å². The molecule has 0 rings (SSSR count). The zero-order valence-electron chi connectivity index (χ0n) is 33.7. The fourth-order valence-corrected chi connectivity index (χ4v) is 5.12. The number of carbonyl (C=O) groups excluding carboxylic acids is 5. The van der Waals surface area contributed by atoms with E-state index in [0.29, 0.717) is 6.42 Å². The normalized spacial score (nSPS) is 12.9. The van der Waals surface area contributed by atoms with Gasteiger partial charge in [-0.2, -0.15) is 0 Å². The summed E-state index contributed by atoms with van der Waals surface area (Å²) in [5.74, 6) is -6.23. The van der Waals surface area contributed by atoms with Crippen LogP contribution >= 0.6 is 0 Å². The van der Waals surface area contributed by atoms with E-state index in [1.807, 2.05) is 0 Å². The molecule has 0 aromatic heterocycles. The largest absolute Gasteiger partial charge is 0.480 e. The molecule has 28 heteroatoms. The molecule has 28 nitrogen and oxygen atoms in total. The summed E-state index contributed by atoms with van der Waals surface area (Å²) in [5, 5.41) is 21.7. The minimum absolute atomic E-state index is 0.0156. The summed E-state index contributed by atoms with van der Waals surface area (Å²) in [7, 11) is 0. The maximum atomic E-state index is 14.0. The van der Waals surface area contributed by atoms with Gasteiger partial charge in [0.25, 0.3) is 0 Å². The minimum atomic E-state index is -1.34. The van der Waals surface area contributed by atoms with Crippen LogP contribution in [0.25, 0.3) is 0 Å². The molecule has 0 aliphatic carbocycles. The van der Waals surface area contributed by atoms with E-state index >= 15 is 0 Å². The van der Waals surface area contributed by atoms with Crippen molar-refractivity contribution in [2.75, 3.05) is 39.3 Å². The number of nitrogens with two attached hydrogens (primary N) is 11. The van der Waals surface area contributed by atoms with Gasteiger partial charge in [-0.3, -0.25) is 53.7 Å². The molecular formula is C32H65N21O7. The molecule has 0 aliphatic heterocycles. The van der Waals surface area contributed by atoms with Gasteiger partial charge in [-0.05, 0) is 64.2 Å². The van der Waals surface area contributed by atoms with E-state index in [2.05, 4.69) is 51.5 Å². The lowest BCUT2D eigenvalue weighted by molar-refractivity contribution is -0.138. The number of nitrogens with one attached hydrogen (secondary N) is 5. The SMILES string of the molecule is NC(N)=NCCC[C@H](NC(=O)[C@H](CCCN=C(N)N)NC(=O)[C@H](CCCN=C(N)N)NC(=O)[C@H](CCCN=C(N)N)NC(=O)[C@@H](N)CCCN=C(N)N)C(=O)NCC(=O)O. The fraction of sp³-hybridized carbons (Fsp3) is 0.656. The maximum Gasteiger partial charge on any atom is 0.322 e. The Labute approximate surface area is 347 Å². The van der Waals surface area contributed by atoms with E-state index in [1.165, 1.54) is 0 Å². The Bertz CT molecular complexity index is 1530. The van der Waals surface area contributed by atoms with Crippen molar-refractivity contribution in [1.29, 1.82) is 0 Å². The van der Waals surface area contributed by atoms with Crippen molar-refractivity contribution in [1.82, 2.24) is 26.6 Å². The van der Waals surface area contributed by atoms with Crippen molar-refractivity contribution in [3.8, 4) is 0 Å². The van der Waals surface area contributed by atoms with Gasteiger partial charge < -0.3 is 94.8 Å². The van der Waals surface area contributed by atoms with E-state index in [4.69, 9.17) is 68.2 Å². The highest BCUT2D eigenvalue weighted by Crippen LogP contribution is 2.08. The van der Waals surface area contributed by atoms with Gasteiger partial charge in [-0.1, -0.05) is 0 Å². The maximum absolute atomic E-state index is 14.0. The van der Waals surface area contributed by atoms with Crippen molar-refractivity contribution >= 4 is 65.3 Å². The van der Waals surface area contributed by atoms with E-state index in [9.17, 15) is 28.8 Å². The lowest BCUT2D eigenvalue weighted by atomic mass is 10.0. The number of aliphatic carboxylic acids is 1. The number of carboxylic acid groups (broad SMARTS) is 1. The Balaban J connectivity index is 6.55.